The number of aromatic nitrogens is 1. The molecule has 23 heavy (non-hydrogen) atoms. The Bertz CT molecular complexity index is 695. The van der Waals surface area contributed by atoms with Crippen LogP contribution in [0.5, 0.6) is 0 Å². The Morgan fingerprint density at radius 2 is 2.30 bits per heavy atom. The van der Waals surface area contributed by atoms with Crippen LogP contribution in [0.3, 0.4) is 0 Å². The van der Waals surface area contributed by atoms with E-state index < -0.39 is 0 Å². The van der Waals surface area contributed by atoms with E-state index in [1.165, 1.54) is 12.8 Å². The zero-order valence-electron chi connectivity index (χ0n) is 13.2. The number of oxazole rings is 1. The van der Waals surface area contributed by atoms with Crippen molar-refractivity contribution in [1.29, 1.82) is 0 Å². The monoisotopic (exact) mass is 331 g/mol. The van der Waals surface area contributed by atoms with Gasteiger partial charge in [-0.1, -0.05) is 6.07 Å². The SMILES string of the molecule is Cc1oc(-c2cccs2)nc1CC(=O)N1CCC2CCC(C1)N2. The summed E-state index contributed by atoms with van der Waals surface area (Å²) in [6.07, 6.45) is 3.82. The third-order valence-electron chi connectivity index (χ3n) is 4.82. The summed E-state index contributed by atoms with van der Waals surface area (Å²) in [7, 11) is 0. The van der Waals surface area contributed by atoms with E-state index in [0.29, 0.717) is 24.4 Å². The molecule has 2 bridgehead atoms. The number of fused-ring (bicyclic) bond motifs is 2. The lowest BCUT2D eigenvalue weighted by Crippen LogP contribution is -2.39. The third kappa shape index (κ3) is 3.05. The number of likely N-dealkylation sites (tertiary alicyclic amines) is 1. The second kappa shape index (κ2) is 6.09. The molecule has 2 unspecified atom stereocenters. The van der Waals surface area contributed by atoms with Crippen molar-refractivity contribution in [3.05, 3.63) is 29.0 Å². The summed E-state index contributed by atoms with van der Waals surface area (Å²) < 4.78 is 5.74. The van der Waals surface area contributed by atoms with E-state index in [2.05, 4.69) is 10.3 Å². The van der Waals surface area contributed by atoms with E-state index in [9.17, 15) is 4.79 Å². The lowest BCUT2D eigenvalue weighted by Gasteiger charge is -2.24. The van der Waals surface area contributed by atoms with E-state index in [4.69, 9.17) is 4.42 Å². The number of carbonyl (C=O) groups is 1. The van der Waals surface area contributed by atoms with Crippen LogP contribution in [0.25, 0.3) is 10.8 Å². The van der Waals surface area contributed by atoms with Gasteiger partial charge < -0.3 is 14.6 Å². The molecule has 0 spiro atoms. The molecule has 2 atom stereocenters. The first-order valence-corrected chi connectivity index (χ1v) is 9.11. The zero-order chi connectivity index (χ0) is 15.8. The van der Waals surface area contributed by atoms with Gasteiger partial charge in [-0.05, 0) is 37.6 Å². The molecule has 1 amide bonds. The quantitative estimate of drug-likeness (QED) is 0.939. The first-order valence-electron chi connectivity index (χ1n) is 8.23. The van der Waals surface area contributed by atoms with Crippen molar-refractivity contribution in [2.24, 2.45) is 0 Å². The molecule has 4 heterocycles. The standard InChI is InChI=1S/C17H21N3O2S/c1-11-14(19-17(22-11)15-3-2-8-23-15)9-16(21)20-7-6-12-4-5-13(10-20)18-12/h2-3,8,12-13,18H,4-7,9-10H2,1H3. The molecule has 0 aliphatic carbocycles. The van der Waals surface area contributed by atoms with Crippen LogP contribution in [0.4, 0.5) is 0 Å². The molecule has 2 saturated heterocycles. The molecule has 122 valence electrons. The van der Waals surface area contributed by atoms with Crippen molar-refractivity contribution in [3.8, 4) is 10.8 Å². The minimum absolute atomic E-state index is 0.161. The van der Waals surface area contributed by atoms with Gasteiger partial charge in [-0.25, -0.2) is 4.98 Å². The van der Waals surface area contributed by atoms with Gasteiger partial charge in [0.05, 0.1) is 17.0 Å². The van der Waals surface area contributed by atoms with E-state index in [1.807, 2.05) is 29.3 Å². The maximum Gasteiger partial charge on any atom is 0.236 e. The maximum atomic E-state index is 12.7. The van der Waals surface area contributed by atoms with E-state index >= 15 is 0 Å². The molecular weight excluding hydrogens is 310 g/mol. The fourth-order valence-electron chi connectivity index (χ4n) is 3.52. The molecule has 6 heteroatoms. The Morgan fingerprint density at radius 3 is 3.13 bits per heavy atom. The first-order chi connectivity index (χ1) is 11.2. The van der Waals surface area contributed by atoms with Crippen molar-refractivity contribution < 1.29 is 9.21 Å². The molecule has 5 nitrogen and oxygen atoms in total. The predicted octanol–water partition coefficient (Wildman–Crippen LogP) is 2.61. The Morgan fingerprint density at radius 1 is 1.43 bits per heavy atom. The molecule has 4 rings (SSSR count). The van der Waals surface area contributed by atoms with Crippen LogP contribution < -0.4 is 5.32 Å². The molecule has 2 fully saturated rings. The van der Waals surface area contributed by atoms with Crippen molar-refractivity contribution in [2.75, 3.05) is 13.1 Å². The molecule has 2 aromatic rings. The average molecular weight is 331 g/mol. The van der Waals surface area contributed by atoms with Gasteiger partial charge in [0.1, 0.15) is 5.76 Å². The van der Waals surface area contributed by atoms with Crippen molar-refractivity contribution >= 4 is 17.2 Å². The Labute approximate surface area is 139 Å². The summed E-state index contributed by atoms with van der Waals surface area (Å²) in [4.78, 5) is 20.2. The molecule has 2 aliphatic heterocycles. The highest BCUT2D eigenvalue weighted by molar-refractivity contribution is 7.13. The third-order valence-corrected chi connectivity index (χ3v) is 5.68. The van der Waals surface area contributed by atoms with Crippen LogP contribution >= 0.6 is 11.3 Å². The minimum Gasteiger partial charge on any atom is -0.440 e. The van der Waals surface area contributed by atoms with Gasteiger partial charge in [0.2, 0.25) is 11.8 Å². The molecule has 1 N–H and O–H groups in total. The van der Waals surface area contributed by atoms with Crippen molar-refractivity contribution in [3.63, 3.8) is 0 Å². The average Bonchev–Trinajstić information content (AvgIpc) is 3.21. The number of rotatable bonds is 3. The van der Waals surface area contributed by atoms with Crippen LogP contribution in [0.1, 0.15) is 30.7 Å². The summed E-state index contributed by atoms with van der Waals surface area (Å²) in [5.41, 5.74) is 0.765. The number of carbonyl (C=O) groups excluding carboxylic acids is 1. The predicted molar refractivity (Wildman–Crippen MR) is 89.4 cm³/mol. The Balaban J connectivity index is 1.46. The lowest BCUT2D eigenvalue weighted by atomic mass is 10.1. The fourth-order valence-corrected chi connectivity index (χ4v) is 4.17. The van der Waals surface area contributed by atoms with E-state index in [0.717, 1.165) is 35.8 Å². The Hall–Kier alpha value is -1.66. The smallest absolute Gasteiger partial charge is 0.236 e. The number of hydrogen-bond acceptors (Lipinski definition) is 5. The highest BCUT2D eigenvalue weighted by Crippen LogP contribution is 2.26. The van der Waals surface area contributed by atoms with Crippen molar-refractivity contribution in [1.82, 2.24) is 15.2 Å². The second-order valence-corrected chi connectivity index (χ2v) is 7.39. The van der Waals surface area contributed by atoms with Crippen LogP contribution in [0, 0.1) is 6.92 Å². The molecule has 0 saturated carbocycles. The largest absolute Gasteiger partial charge is 0.440 e. The Kier molecular flexibility index (Phi) is 3.95. The molecule has 0 radical (unpaired) electrons. The van der Waals surface area contributed by atoms with Gasteiger partial charge in [0.15, 0.2) is 0 Å². The summed E-state index contributed by atoms with van der Waals surface area (Å²) in [5.74, 6) is 1.53. The minimum atomic E-state index is 0.161. The van der Waals surface area contributed by atoms with E-state index in [1.54, 1.807) is 11.3 Å². The van der Waals surface area contributed by atoms with Gasteiger partial charge in [0.25, 0.3) is 0 Å². The molecular formula is C17H21N3O2S. The van der Waals surface area contributed by atoms with Crippen LogP contribution in [-0.4, -0.2) is 41.0 Å². The highest BCUT2D eigenvalue weighted by Gasteiger charge is 2.31. The zero-order valence-corrected chi connectivity index (χ0v) is 14.1. The molecule has 0 aromatic carbocycles. The normalized spacial score (nSPS) is 24.0. The van der Waals surface area contributed by atoms with Crippen molar-refractivity contribution in [2.45, 2.75) is 44.7 Å². The fraction of sp³-hybridized carbons (Fsp3) is 0.529. The second-order valence-electron chi connectivity index (χ2n) is 6.44. The van der Waals surface area contributed by atoms with Gasteiger partial charge in [-0.15, -0.1) is 11.3 Å². The van der Waals surface area contributed by atoms with Gasteiger partial charge in [-0.2, -0.15) is 0 Å². The summed E-state index contributed by atoms with van der Waals surface area (Å²) in [6.45, 7) is 3.56. The van der Waals surface area contributed by atoms with Crippen LogP contribution in [-0.2, 0) is 11.2 Å². The highest BCUT2D eigenvalue weighted by atomic mass is 32.1. The number of thiophene rings is 1. The van der Waals surface area contributed by atoms with Crippen LogP contribution in [0.2, 0.25) is 0 Å². The number of aryl methyl sites for hydroxylation is 1. The number of nitrogens with one attached hydrogen (secondary N) is 1. The van der Waals surface area contributed by atoms with Gasteiger partial charge >= 0.3 is 0 Å². The number of hydrogen-bond donors (Lipinski definition) is 1. The van der Waals surface area contributed by atoms with Gasteiger partial charge in [0, 0.05) is 25.2 Å². The molecule has 2 aromatic heterocycles. The van der Waals surface area contributed by atoms with Crippen LogP contribution in [0.15, 0.2) is 21.9 Å². The molecule has 2 aliphatic rings. The van der Waals surface area contributed by atoms with E-state index in [-0.39, 0.29) is 5.91 Å². The number of amides is 1. The lowest BCUT2D eigenvalue weighted by molar-refractivity contribution is -0.130. The summed E-state index contributed by atoms with van der Waals surface area (Å²) >= 11 is 1.60. The summed E-state index contributed by atoms with van der Waals surface area (Å²) in [6, 6.07) is 5.02. The first kappa shape index (κ1) is 14.9. The van der Waals surface area contributed by atoms with Gasteiger partial charge in [-0.3, -0.25) is 4.79 Å². The maximum absolute atomic E-state index is 12.7. The topological polar surface area (TPSA) is 58.4 Å². The summed E-state index contributed by atoms with van der Waals surface area (Å²) in [5, 5.41) is 5.61. The number of nitrogens with zero attached hydrogens (tertiary/aromatic N) is 2.